The van der Waals surface area contributed by atoms with Crippen LogP contribution in [0.25, 0.3) is 5.65 Å². The third-order valence-corrected chi connectivity index (χ3v) is 3.84. The molecule has 0 fully saturated rings. The van der Waals surface area contributed by atoms with E-state index in [1.54, 1.807) is 0 Å². The fourth-order valence-electron chi connectivity index (χ4n) is 2.55. The van der Waals surface area contributed by atoms with Gasteiger partial charge >= 0.3 is 0 Å². The molecular weight excluding hydrogens is 443 g/mol. The standard InChI is InChI=1S/C18H22N6O.HI/c1-2-19-18(20-11-14-7-3-4-8-15(14)13-25)21-12-17-23-22-16-9-5-6-10-24(16)17;/h3-10,25H,2,11-13H2,1H3,(H2,19,20,21);1H. The van der Waals surface area contributed by atoms with Crippen LogP contribution in [0.2, 0.25) is 0 Å². The molecule has 0 amide bonds. The Balaban J connectivity index is 0.00000243. The third-order valence-electron chi connectivity index (χ3n) is 3.84. The number of nitrogens with one attached hydrogen (secondary N) is 2. The number of guanidine groups is 1. The SMILES string of the molecule is CCNC(=NCc1ccccc1CO)NCc1nnc2ccccn12.I. The summed E-state index contributed by atoms with van der Waals surface area (Å²) >= 11 is 0. The molecule has 2 aromatic heterocycles. The van der Waals surface area contributed by atoms with Crippen molar-refractivity contribution in [1.82, 2.24) is 25.2 Å². The number of aliphatic imine (C=N–C) groups is 1. The first-order valence-electron chi connectivity index (χ1n) is 8.30. The van der Waals surface area contributed by atoms with E-state index >= 15 is 0 Å². The first kappa shape index (κ1) is 20.1. The topological polar surface area (TPSA) is 86.8 Å². The van der Waals surface area contributed by atoms with Crippen LogP contribution in [0.1, 0.15) is 23.9 Å². The van der Waals surface area contributed by atoms with Crippen molar-refractivity contribution in [2.24, 2.45) is 4.99 Å². The van der Waals surface area contributed by atoms with Gasteiger partial charge in [0.1, 0.15) is 0 Å². The van der Waals surface area contributed by atoms with Crippen molar-refractivity contribution >= 4 is 35.6 Å². The predicted molar refractivity (Wildman–Crippen MR) is 112 cm³/mol. The van der Waals surface area contributed by atoms with Crippen LogP contribution in [0, 0.1) is 0 Å². The number of aliphatic hydroxyl groups is 1. The summed E-state index contributed by atoms with van der Waals surface area (Å²) in [6.07, 6.45) is 1.94. The van der Waals surface area contributed by atoms with E-state index in [0.717, 1.165) is 29.1 Å². The highest BCUT2D eigenvalue weighted by atomic mass is 127. The van der Waals surface area contributed by atoms with Crippen molar-refractivity contribution in [2.75, 3.05) is 6.54 Å². The second-order valence-electron chi connectivity index (χ2n) is 5.52. The number of hydrogen-bond acceptors (Lipinski definition) is 4. The zero-order valence-electron chi connectivity index (χ0n) is 14.6. The number of pyridine rings is 1. The zero-order chi connectivity index (χ0) is 17.5. The molecule has 0 radical (unpaired) electrons. The Morgan fingerprint density at radius 2 is 1.85 bits per heavy atom. The van der Waals surface area contributed by atoms with Crippen molar-refractivity contribution in [2.45, 2.75) is 26.6 Å². The minimum absolute atomic E-state index is 0. The van der Waals surface area contributed by atoms with E-state index in [4.69, 9.17) is 0 Å². The third kappa shape index (κ3) is 4.92. The summed E-state index contributed by atoms with van der Waals surface area (Å²) in [7, 11) is 0. The van der Waals surface area contributed by atoms with Gasteiger partial charge in [0.2, 0.25) is 0 Å². The summed E-state index contributed by atoms with van der Waals surface area (Å²) in [5.74, 6) is 1.51. The van der Waals surface area contributed by atoms with Crippen molar-refractivity contribution in [1.29, 1.82) is 0 Å². The number of nitrogens with zero attached hydrogens (tertiary/aromatic N) is 4. The molecular formula is C18H23IN6O. The number of halogens is 1. The van der Waals surface area contributed by atoms with Crippen LogP contribution in [0.15, 0.2) is 53.7 Å². The molecule has 26 heavy (non-hydrogen) atoms. The van der Waals surface area contributed by atoms with Crippen LogP contribution in [-0.2, 0) is 19.7 Å². The Bertz CT molecular complexity index is 864. The van der Waals surface area contributed by atoms with Gasteiger partial charge in [-0.2, -0.15) is 0 Å². The van der Waals surface area contributed by atoms with Crippen LogP contribution in [0.5, 0.6) is 0 Å². The number of aromatic nitrogens is 3. The van der Waals surface area contributed by atoms with E-state index in [0.29, 0.717) is 19.0 Å². The molecule has 0 saturated heterocycles. The zero-order valence-corrected chi connectivity index (χ0v) is 16.9. The van der Waals surface area contributed by atoms with Gasteiger partial charge in [0, 0.05) is 12.7 Å². The lowest BCUT2D eigenvalue weighted by atomic mass is 10.1. The highest BCUT2D eigenvalue weighted by Crippen LogP contribution is 2.09. The summed E-state index contributed by atoms with van der Waals surface area (Å²) in [6, 6.07) is 13.6. The Morgan fingerprint density at radius 3 is 2.62 bits per heavy atom. The lowest BCUT2D eigenvalue weighted by molar-refractivity contribution is 0.280. The Kier molecular flexibility index (Phi) is 7.79. The molecule has 3 rings (SSSR count). The maximum Gasteiger partial charge on any atom is 0.191 e. The quantitative estimate of drug-likeness (QED) is 0.294. The molecule has 0 spiro atoms. The smallest absolute Gasteiger partial charge is 0.191 e. The van der Waals surface area contributed by atoms with E-state index in [1.165, 1.54) is 0 Å². The monoisotopic (exact) mass is 466 g/mol. The number of hydrogen-bond donors (Lipinski definition) is 3. The van der Waals surface area contributed by atoms with Crippen LogP contribution >= 0.6 is 24.0 Å². The molecule has 3 N–H and O–H groups in total. The molecule has 2 heterocycles. The Morgan fingerprint density at radius 1 is 1.08 bits per heavy atom. The number of benzene rings is 1. The highest BCUT2D eigenvalue weighted by Gasteiger charge is 2.06. The minimum atomic E-state index is 0. The van der Waals surface area contributed by atoms with E-state index < -0.39 is 0 Å². The van der Waals surface area contributed by atoms with Crippen LogP contribution in [-0.4, -0.2) is 32.2 Å². The molecule has 0 saturated carbocycles. The average molecular weight is 466 g/mol. The summed E-state index contributed by atoms with van der Waals surface area (Å²) in [6.45, 7) is 3.80. The van der Waals surface area contributed by atoms with Crippen LogP contribution in [0.4, 0.5) is 0 Å². The van der Waals surface area contributed by atoms with E-state index in [1.807, 2.05) is 60.0 Å². The van der Waals surface area contributed by atoms with Gasteiger partial charge in [0.15, 0.2) is 17.4 Å². The van der Waals surface area contributed by atoms with E-state index in [-0.39, 0.29) is 30.6 Å². The maximum atomic E-state index is 9.42. The normalized spacial score (nSPS) is 11.2. The van der Waals surface area contributed by atoms with Crippen molar-refractivity contribution in [3.8, 4) is 0 Å². The molecule has 0 aliphatic heterocycles. The lowest BCUT2D eigenvalue weighted by Crippen LogP contribution is -2.37. The van der Waals surface area contributed by atoms with Gasteiger partial charge in [-0.15, -0.1) is 34.2 Å². The minimum Gasteiger partial charge on any atom is -0.392 e. The van der Waals surface area contributed by atoms with Crippen LogP contribution in [0.3, 0.4) is 0 Å². The molecule has 3 aromatic rings. The number of aliphatic hydroxyl groups excluding tert-OH is 1. The number of fused-ring (bicyclic) bond motifs is 1. The fraction of sp³-hybridized carbons (Fsp3) is 0.278. The molecule has 0 atom stereocenters. The summed E-state index contributed by atoms with van der Waals surface area (Å²) < 4.78 is 1.94. The van der Waals surface area contributed by atoms with Gasteiger partial charge in [0.25, 0.3) is 0 Å². The predicted octanol–water partition coefficient (Wildman–Crippen LogP) is 2.09. The first-order valence-corrected chi connectivity index (χ1v) is 8.30. The van der Waals surface area contributed by atoms with Crippen molar-refractivity contribution in [3.05, 3.63) is 65.6 Å². The van der Waals surface area contributed by atoms with Gasteiger partial charge in [-0.05, 0) is 30.2 Å². The average Bonchev–Trinajstić information content (AvgIpc) is 3.07. The van der Waals surface area contributed by atoms with Crippen molar-refractivity contribution < 1.29 is 5.11 Å². The maximum absolute atomic E-state index is 9.42. The molecule has 138 valence electrons. The van der Waals surface area contributed by atoms with Gasteiger partial charge in [-0.25, -0.2) is 4.99 Å². The first-order chi connectivity index (χ1) is 12.3. The van der Waals surface area contributed by atoms with Gasteiger partial charge < -0.3 is 15.7 Å². The summed E-state index contributed by atoms with van der Waals surface area (Å²) in [4.78, 5) is 4.60. The van der Waals surface area contributed by atoms with E-state index in [9.17, 15) is 5.11 Å². The number of rotatable bonds is 6. The molecule has 0 unspecified atom stereocenters. The van der Waals surface area contributed by atoms with Gasteiger partial charge in [-0.3, -0.25) is 4.40 Å². The molecule has 0 aliphatic rings. The fourth-order valence-corrected chi connectivity index (χ4v) is 2.55. The second kappa shape index (κ2) is 10.1. The van der Waals surface area contributed by atoms with Crippen molar-refractivity contribution in [3.63, 3.8) is 0 Å². The largest absolute Gasteiger partial charge is 0.392 e. The lowest BCUT2D eigenvalue weighted by Gasteiger charge is -2.11. The summed E-state index contributed by atoms with van der Waals surface area (Å²) in [5.41, 5.74) is 2.72. The highest BCUT2D eigenvalue weighted by molar-refractivity contribution is 14.0. The second-order valence-corrected chi connectivity index (χ2v) is 5.52. The van der Waals surface area contributed by atoms with E-state index in [2.05, 4.69) is 25.8 Å². The van der Waals surface area contributed by atoms with Gasteiger partial charge in [0.05, 0.1) is 19.7 Å². The van der Waals surface area contributed by atoms with Gasteiger partial charge in [-0.1, -0.05) is 30.3 Å². The molecule has 8 heteroatoms. The van der Waals surface area contributed by atoms with Crippen LogP contribution < -0.4 is 10.6 Å². The molecule has 0 bridgehead atoms. The summed E-state index contributed by atoms with van der Waals surface area (Å²) in [5, 5.41) is 24.3. The Hall–Kier alpha value is -2.20. The molecule has 0 aliphatic carbocycles. The Labute approximate surface area is 169 Å². The molecule has 1 aromatic carbocycles. The molecule has 7 nitrogen and oxygen atoms in total.